The van der Waals surface area contributed by atoms with E-state index in [-0.39, 0.29) is 18.4 Å². The quantitative estimate of drug-likeness (QED) is 0.732. The van der Waals surface area contributed by atoms with Crippen LogP contribution in [0.5, 0.6) is 0 Å². The second kappa shape index (κ2) is 7.95. The van der Waals surface area contributed by atoms with E-state index in [1.54, 1.807) is 0 Å². The zero-order valence-corrected chi connectivity index (χ0v) is 14.0. The van der Waals surface area contributed by atoms with Crippen molar-refractivity contribution in [2.75, 3.05) is 26.2 Å². The molecule has 1 N–H and O–H groups in total. The van der Waals surface area contributed by atoms with Crippen molar-refractivity contribution in [3.8, 4) is 0 Å². The Bertz CT molecular complexity index is 389. The van der Waals surface area contributed by atoms with Crippen LogP contribution in [0.2, 0.25) is 0 Å². The molecular formula is C17H30N2O3. The summed E-state index contributed by atoms with van der Waals surface area (Å²) in [7, 11) is 0. The van der Waals surface area contributed by atoms with Crippen molar-refractivity contribution < 1.29 is 14.7 Å². The predicted molar refractivity (Wildman–Crippen MR) is 85.6 cm³/mol. The molecule has 5 nitrogen and oxygen atoms in total. The molecule has 2 aliphatic heterocycles. The number of unbranched alkanes of at least 4 members (excludes halogenated alkanes) is 1. The van der Waals surface area contributed by atoms with Gasteiger partial charge in [0.25, 0.3) is 0 Å². The average molecular weight is 310 g/mol. The van der Waals surface area contributed by atoms with Crippen LogP contribution in [0.15, 0.2) is 0 Å². The molecule has 2 rings (SSSR count). The summed E-state index contributed by atoms with van der Waals surface area (Å²) in [5.41, 5.74) is 0. The van der Waals surface area contributed by atoms with Crippen LogP contribution in [0.3, 0.4) is 0 Å². The number of nitrogens with zero attached hydrogens (tertiary/aromatic N) is 2. The molecule has 0 aromatic heterocycles. The molecule has 0 spiro atoms. The molecule has 2 fully saturated rings. The van der Waals surface area contributed by atoms with Crippen molar-refractivity contribution in [2.45, 2.75) is 58.4 Å². The molecular weight excluding hydrogens is 280 g/mol. The summed E-state index contributed by atoms with van der Waals surface area (Å²) in [6.07, 6.45) is 6.01. The number of carbonyl (C=O) groups is 2. The molecule has 126 valence electrons. The lowest BCUT2D eigenvalue weighted by molar-refractivity contribution is -0.141. The average Bonchev–Trinajstić information content (AvgIpc) is 2.86. The number of rotatable bonds is 7. The summed E-state index contributed by atoms with van der Waals surface area (Å²) in [4.78, 5) is 27.3. The van der Waals surface area contributed by atoms with Gasteiger partial charge in [-0.2, -0.15) is 0 Å². The third kappa shape index (κ3) is 4.70. The third-order valence-corrected chi connectivity index (χ3v) is 5.01. The maximum Gasteiger partial charge on any atom is 0.308 e. The van der Waals surface area contributed by atoms with Crippen LogP contribution >= 0.6 is 0 Å². The Hall–Kier alpha value is -1.10. The molecule has 2 saturated heterocycles. The second-order valence-corrected chi connectivity index (χ2v) is 7.25. The Morgan fingerprint density at radius 2 is 1.95 bits per heavy atom. The van der Waals surface area contributed by atoms with Gasteiger partial charge in [-0.15, -0.1) is 0 Å². The summed E-state index contributed by atoms with van der Waals surface area (Å²) in [5, 5.41) is 9.06. The molecule has 0 aromatic rings. The van der Waals surface area contributed by atoms with Gasteiger partial charge in [0.05, 0.1) is 5.92 Å². The zero-order valence-electron chi connectivity index (χ0n) is 14.0. The largest absolute Gasteiger partial charge is 0.481 e. The number of likely N-dealkylation sites (tertiary alicyclic amines) is 2. The molecule has 2 aliphatic rings. The first-order valence-corrected chi connectivity index (χ1v) is 8.72. The Labute approximate surface area is 133 Å². The van der Waals surface area contributed by atoms with Crippen LogP contribution in [0.4, 0.5) is 0 Å². The molecule has 0 radical (unpaired) electrons. The molecule has 22 heavy (non-hydrogen) atoms. The zero-order chi connectivity index (χ0) is 16.1. The fourth-order valence-electron chi connectivity index (χ4n) is 3.59. The van der Waals surface area contributed by atoms with E-state index in [1.165, 1.54) is 19.3 Å². The number of carbonyl (C=O) groups excluding carboxylic acids is 1. The van der Waals surface area contributed by atoms with E-state index < -0.39 is 11.9 Å². The molecule has 5 heteroatoms. The molecule has 1 unspecified atom stereocenters. The van der Waals surface area contributed by atoms with Crippen molar-refractivity contribution in [3.63, 3.8) is 0 Å². The maximum absolute atomic E-state index is 12.0. The lowest BCUT2D eigenvalue weighted by Gasteiger charge is -2.36. The summed E-state index contributed by atoms with van der Waals surface area (Å²) < 4.78 is 0. The molecule has 1 amide bonds. The topological polar surface area (TPSA) is 60.9 Å². The Morgan fingerprint density at radius 1 is 1.27 bits per heavy atom. The molecule has 0 bridgehead atoms. The van der Waals surface area contributed by atoms with Crippen molar-refractivity contribution in [1.29, 1.82) is 0 Å². The Balaban J connectivity index is 1.69. The third-order valence-electron chi connectivity index (χ3n) is 5.01. The summed E-state index contributed by atoms with van der Waals surface area (Å²) in [6.45, 7) is 8.17. The minimum Gasteiger partial charge on any atom is -0.481 e. The predicted octanol–water partition coefficient (Wildman–Crippen LogP) is 2.21. The second-order valence-electron chi connectivity index (χ2n) is 7.25. The number of hydrogen-bond donors (Lipinski definition) is 1. The van der Waals surface area contributed by atoms with Gasteiger partial charge < -0.3 is 14.9 Å². The molecule has 0 aliphatic carbocycles. The van der Waals surface area contributed by atoms with Crippen molar-refractivity contribution in [2.24, 2.45) is 11.8 Å². The summed E-state index contributed by atoms with van der Waals surface area (Å²) in [6, 6.07) is 0.253. The van der Waals surface area contributed by atoms with E-state index in [0.717, 1.165) is 38.4 Å². The molecule has 0 saturated carbocycles. The van der Waals surface area contributed by atoms with Gasteiger partial charge in [0, 0.05) is 32.1 Å². The van der Waals surface area contributed by atoms with Gasteiger partial charge in [0.1, 0.15) is 0 Å². The van der Waals surface area contributed by atoms with Crippen molar-refractivity contribution in [1.82, 2.24) is 9.80 Å². The number of piperidine rings is 1. The SMILES string of the molecule is CC(C)CCCCN1CCC(N2CC(C(=O)O)CC2=O)CC1. The smallest absolute Gasteiger partial charge is 0.308 e. The van der Waals surface area contributed by atoms with E-state index in [0.29, 0.717) is 6.54 Å². The summed E-state index contributed by atoms with van der Waals surface area (Å²) in [5.74, 6) is -0.517. The fraction of sp³-hybridized carbons (Fsp3) is 0.882. The van der Waals surface area contributed by atoms with E-state index >= 15 is 0 Å². The number of carboxylic acids is 1. The minimum atomic E-state index is -0.835. The highest BCUT2D eigenvalue weighted by molar-refractivity contribution is 5.86. The first-order chi connectivity index (χ1) is 10.5. The van der Waals surface area contributed by atoms with Gasteiger partial charge in [-0.1, -0.05) is 26.7 Å². The highest BCUT2D eigenvalue weighted by Crippen LogP contribution is 2.25. The maximum atomic E-state index is 12.0. The van der Waals surface area contributed by atoms with Crippen LogP contribution in [-0.4, -0.2) is 59.0 Å². The molecule has 1 atom stereocenters. The first kappa shape index (κ1) is 17.3. The minimum absolute atomic E-state index is 0.0304. The van der Waals surface area contributed by atoms with Crippen LogP contribution < -0.4 is 0 Å². The lowest BCUT2D eigenvalue weighted by atomic mass is 10.0. The Kier molecular flexibility index (Phi) is 6.24. The van der Waals surface area contributed by atoms with Gasteiger partial charge >= 0.3 is 5.97 Å². The van der Waals surface area contributed by atoms with E-state index in [4.69, 9.17) is 5.11 Å². The van der Waals surface area contributed by atoms with Gasteiger partial charge in [0.2, 0.25) is 5.91 Å². The van der Waals surface area contributed by atoms with Crippen LogP contribution in [-0.2, 0) is 9.59 Å². The van der Waals surface area contributed by atoms with Gasteiger partial charge in [-0.3, -0.25) is 9.59 Å². The van der Waals surface area contributed by atoms with Gasteiger partial charge in [-0.25, -0.2) is 0 Å². The lowest BCUT2D eigenvalue weighted by Crippen LogP contribution is -2.45. The molecule has 0 aromatic carbocycles. The van der Waals surface area contributed by atoms with Crippen LogP contribution in [0.1, 0.15) is 52.4 Å². The number of aliphatic carboxylic acids is 1. The fourth-order valence-corrected chi connectivity index (χ4v) is 3.59. The van der Waals surface area contributed by atoms with Crippen molar-refractivity contribution in [3.05, 3.63) is 0 Å². The highest BCUT2D eigenvalue weighted by Gasteiger charge is 2.38. The normalized spacial score (nSPS) is 24.4. The van der Waals surface area contributed by atoms with Crippen molar-refractivity contribution >= 4 is 11.9 Å². The first-order valence-electron chi connectivity index (χ1n) is 8.72. The van der Waals surface area contributed by atoms with Gasteiger partial charge in [-0.05, 0) is 31.7 Å². The number of hydrogen-bond acceptors (Lipinski definition) is 3. The van der Waals surface area contributed by atoms with E-state index in [1.807, 2.05) is 4.90 Å². The molecule has 2 heterocycles. The standard InChI is InChI=1S/C17H30N2O3/c1-13(2)5-3-4-8-18-9-6-15(7-10-18)19-12-14(17(21)22)11-16(19)20/h13-15H,3-12H2,1-2H3,(H,21,22). The van der Waals surface area contributed by atoms with E-state index in [9.17, 15) is 9.59 Å². The monoisotopic (exact) mass is 310 g/mol. The van der Waals surface area contributed by atoms with Crippen LogP contribution in [0, 0.1) is 11.8 Å². The Morgan fingerprint density at radius 3 is 2.50 bits per heavy atom. The number of carboxylic acid groups (broad SMARTS) is 1. The summed E-state index contributed by atoms with van der Waals surface area (Å²) >= 11 is 0. The number of amides is 1. The van der Waals surface area contributed by atoms with Crippen LogP contribution in [0.25, 0.3) is 0 Å². The van der Waals surface area contributed by atoms with Gasteiger partial charge in [0.15, 0.2) is 0 Å². The van der Waals surface area contributed by atoms with E-state index in [2.05, 4.69) is 18.7 Å². The highest BCUT2D eigenvalue weighted by atomic mass is 16.4.